The molecule has 2 aliphatic rings. The number of aromatic nitrogens is 1. The zero-order chi connectivity index (χ0) is 20.1. The molecule has 1 aromatic heterocycles. The van der Waals surface area contributed by atoms with E-state index in [4.69, 9.17) is 0 Å². The summed E-state index contributed by atoms with van der Waals surface area (Å²) in [6.07, 6.45) is 9.94. The Hall–Kier alpha value is -2.50. The summed E-state index contributed by atoms with van der Waals surface area (Å²) < 4.78 is 0. The minimum absolute atomic E-state index is 0.0190. The van der Waals surface area contributed by atoms with E-state index in [1.807, 2.05) is 29.2 Å². The lowest BCUT2D eigenvalue weighted by molar-refractivity contribution is -0.0762. The number of carbonyl (C=O) groups excluding carboxylic acids is 1. The van der Waals surface area contributed by atoms with Gasteiger partial charge in [-0.15, -0.1) is 0 Å². The topological polar surface area (TPSA) is 56.7 Å². The molecule has 1 aromatic carbocycles. The Morgan fingerprint density at radius 2 is 2.03 bits per heavy atom. The van der Waals surface area contributed by atoms with Gasteiger partial charge in [0.15, 0.2) is 0 Å². The van der Waals surface area contributed by atoms with E-state index >= 15 is 0 Å². The maximum Gasteiger partial charge on any atom is 0.255 e. The third kappa shape index (κ3) is 4.57. The smallest absolute Gasteiger partial charge is 0.255 e. The Bertz CT molecular complexity index is 840. The summed E-state index contributed by atoms with van der Waals surface area (Å²) >= 11 is 0. The maximum atomic E-state index is 12.9. The van der Waals surface area contributed by atoms with E-state index in [-0.39, 0.29) is 17.4 Å². The number of hydrogen-bond acceptors (Lipinski definition) is 4. The lowest BCUT2D eigenvalue weighted by Gasteiger charge is -2.51. The van der Waals surface area contributed by atoms with Crippen molar-refractivity contribution >= 4 is 12.0 Å². The van der Waals surface area contributed by atoms with E-state index in [9.17, 15) is 9.90 Å². The molecule has 4 rings (SSSR count). The summed E-state index contributed by atoms with van der Waals surface area (Å²) in [6.45, 7) is 3.93. The second-order valence-corrected chi connectivity index (χ2v) is 8.29. The van der Waals surface area contributed by atoms with Crippen LogP contribution in [0, 0.1) is 5.41 Å². The Morgan fingerprint density at radius 1 is 1.17 bits per heavy atom. The lowest BCUT2D eigenvalue weighted by Crippen LogP contribution is -2.59. The molecule has 0 bridgehead atoms. The summed E-state index contributed by atoms with van der Waals surface area (Å²) in [7, 11) is 0. The predicted octanol–water partition coefficient (Wildman–Crippen LogP) is 3.08. The Morgan fingerprint density at radius 3 is 2.83 bits per heavy atom. The van der Waals surface area contributed by atoms with Gasteiger partial charge in [0, 0.05) is 50.5 Å². The van der Waals surface area contributed by atoms with Crippen LogP contribution < -0.4 is 0 Å². The summed E-state index contributed by atoms with van der Waals surface area (Å²) in [4.78, 5) is 21.3. The molecule has 0 saturated carbocycles. The monoisotopic (exact) mass is 391 g/mol. The Kier molecular flexibility index (Phi) is 6.07. The zero-order valence-electron chi connectivity index (χ0n) is 16.8. The molecule has 1 spiro atoms. The minimum atomic E-state index is -0.360. The van der Waals surface area contributed by atoms with E-state index in [1.165, 1.54) is 5.56 Å². The van der Waals surface area contributed by atoms with Crippen molar-refractivity contribution in [2.75, 3.05) is 32.7 Å². The molecule has 152 valence electrons. The number of amides is 1. The van der Waals surface area contributed by atoms with Gasteiger partial charge in [-0.05, 0) is 37.0 Å². The predicted molar refractivity (Wildman–Crippen MR) is 114 cm³/mol. The average Bonchev–Trinajstić information content (AvgIpc) is 2.77. The number of nitrogens with zero attached hydrogens (tertiary/aromatic N) is 3. The van der Waals surface area contributed by atoms with Crippen molar-refractivity contribution < 1.29 is 9.90 Å². The van der Waals surface area contributed by atoms with Gasteiger partial charge < -0.3 is 10.0 Å². The number of aliphatic hydroxyl groups is 1. The van der Waals surface area contributed by atoms with Gasteiger partial charge in [0.25, 0.3) is 5.91 Å². The highest BCUT2D eigenvalue weighted by Crippen LogP contribution is 2.39. The van der Waals surface area contributed by atoms with Gasteiger partial charge in [-0.25, -0.2) is 0 Å². The van der Waals surface area contributed by atoms with Gasteiger partial charge in [0.2, 0.25) is 0 Å². The molecule has 2 saturated heterocycles. The molecule has 5 nitrogen and oxygen atoms in total. The number of piperidine rings is 2. The molecular formula is C24H29N3O2. The highest BCUT2D eigenvalue weighted by atomic mass is 16.3. The van der Waals surface area contributed by atoms with Crippen LogP contribution in [0.25, 0.3) is 6.08 Å². The number of pyridine rings is 1. The van der Waals surface area contributed by atoms with Crippen LogP contribution in [0.5, 0.6) is 0 Å². The normalized spacial score (nSPS) is 25.6. The third-order valence-corrected chi connectivity index (χ3v) is 6.24. The van der Waals surface area contributed by atoms with Crippen molar-refractivity contribution in [3.63, 3.8) is 0 Å². The van der Waals surface area contributed by atoms with E-state index in [1.54, 1.807) is 18.5 Å². The van der Waals surface area contributed by atoms with Crippen molar-refractivity contribution in [3.05, 3.63) is 72.1 Å². The summed E-state index contributed by atoms with van der Waals surface area (Å²) in [5.41, 5.74) is 1.58. The first kappa shape index (κ1) is 19.8. The highest BCUT2D eigenvalue weighted by molar-refractivity contribution is 5.94. The van der Waals surface area contributed by atoms with Crippen molar-refractivity contribution in [1.29, 1.82) is 0 Å². The van der Waals surface area contributed by atoms with Crippen LogP contribution in [0.4, 0.5) is 0 Å². The molecule has 2 aromatic rings. The molecule has 0 unspecified atom stereocenters. The third-order valence-electron chi connectivity index (χ3n) is 6.24. The first-order chi connectivity index (χ1) is 14.2. The molecule has 2 aliphatic heterocycles. The number of benzene rings is 1. The maximum absolute atomic E-state index is 12.9. The van der Waals surface area contributed by atoms with Crippen LogP contribution in [0.15, 0.2) is 60.9 Å². The molecule has 2 atom stereocenters. The fourth-order valence-electron chi connectivity index (χ4n) is 4.71. The first-order valence-electron chi connectivity index (χ1n) is 10.5. The van der Waals surface area contributed by atoms with Gasteiger partial charge >= 0.3 is 0 Å². The number of carbonyl (C=O) groups is 1. The Labute approximate surface area is 172 Å². The average molecular weight is 392 g/mol. The second-order valence-electron chi connectivity index (χ2n) is 8.29. The highest BCUT2D eigenvalue weighted by Gasteiger charge is 2.46. The molecular weight excluding hydrogens is 362 g/mol. The van der Waals surface area contributed by atoms with Crippen molar-refractivity contribution in [2.24, 2.45) is 5.41 Å². The van der Waals surface area contributed by atoms with E-state index < -0.39 is 0 Å². The van der Waals surface area contributed by atoms with Crippen molar-refractivity contribution in [1.82, 2.24) is 14.8 Å². The van der Waals surface area contributed by atoms with Crippen LogP contribution in [0.2, 0.25) is 0 Å². The molecule has 2 fully saturated rings. The molecule has 29 heavy (non-hydrogen) atoms. The zero-order valence-corrected chi connectivity index (χ0v) is 16.8. The molecule has 5 heteroatoms. The summed E-state index contributed by atoms with van der Waals surface area (Å²) in [5, 5.41) is 10.9. The minimum Gasteiger partial charge on any atom is -0.392 e. The van der Waals surface area contributed by atoms with Crippen LogP contribution >= 0.6 is 0 Å². The van der Waals surface area contributed by atoms with Crippen molar-refractivity contribution in [2.45, 2.75) is 25.4 Å². The van der Waals surface area contributed by atoms with Gasteiger partial charge in [-0.1, -0.05) is 42.5 Å². The fourth-order valence-corrected chi connectivity index (χ4v) is 4.71. The van der Waals surface area contributed by atoms with Crippen molar-refractivity contribution in [3.8, 4) is 0 Å². The van der Waals surface area contributed by atoms with Gasteiger partial charge in [0.05, 0.1) is 11.7 Å². The number of likely N-dealkylation sites (tertiary alicyclic amines) is 2. The standard InChI is InChI=1S/C24H29N3O2/c28-22-11-16-26(14-5-9-20-7-2-1-3-8-20)18-24(22)12-6-15-27(19-24)23(29)21-10-4-13-25-17-21/h1-5,7-10,13,17,22,28H,6,11-12,14-16,18-19H2/b9-5+/t22-,24-/m1/s1. The lowest BCUT2D eigenvalue weighted by atomic mass is 9.71. The molecule has 0 radical (unpaired) electrons. The summed E-state index contributed by atoms with van der Waals surface area (Å²) in [5.74, 6) is 0.0190. The second kappa shape index (κ2) is 8.89. The van der Waals surface area contributed by atoms with Gasteiger partial charge in [-0.3, -0.25) is 14.7 Å². The van der Waals surface area contributed by atoms with E-state index in [2.05, 4.69) is 34.2 Å². The van der Waals surface area contributed by atoms with Gasteiger partial charge in [0.1, 0.15) is 0 Å². The van der Waals surface area contributed by atoms with Crippen LogP contribution in [-0.4, -0.2) is 64.6 Å². The number of aliphatic hydroxyl groups excluding tert-OH is 1. The molecule has 3 heterocycles. The fraction of sp³-hybridized carbons (Fsp3) is 0.417. The first-order valence-corrected chi connectivity index (χ1v) is 10.5. The summed E-state index contributed by atoms with van der Waals surface area (Å²) in [6, 6.07) is 13.9. The van der Waals surface area contributed by atoms with E-state index in [0.717, 1.165) is 45.4 Å². The number of hydrogen-bond donors (Lipinski definition) is 1. The van der Waals surface area contributed by atoms with Crippen LogP contribution in [0.3, 0.4) is 0 Å². The van der Waals surface area contributed by atoms with Gasteiger partial charge in [-0.2, -0.15) is 0 Å². The molecule has 1 amide bonds. The molecule has 0 aliphatic carbocycles. The van der Waals surface area contributed by atoms with E-state index in [0.29, 0.717) is 12.1 Å². The quantitative estimate of drug-likeness (QED) is 0.870. The SMILES string of the molecule is O=C(c1cccnc1)N1CCC[C@@]2(CN(C/C=C/c3ccccc3)CC[C@H]2O)C1. The Balaban J connectivity index is 1.42. The largest absolute Gasteiger partial charge is 0.392 e. The molecule has 1 N–H and O–H groups in total. The number of rotatable bonds is 4. The van der Waals surface area contributed by atoms with Crippen LogP contribution in [-0.2, 0) is 0 Å². The van der Waals surface area contributed by atoms with Crippen LogP contribution in [0.1, 0.15) is 35.2 Å².